The molecule has 0 saturated heterocycles. The summed E-state index contributed by atoms with van der Waals surface area (Å²) in [5.41, 5.74) is 2.79. The van der Waals surface area contributed by atoms with Crippen molar-refractivity contribution in [2.45, 2.75) is 6.92 Å². The largest absolute Gasteiger partial charge is 0.375 e. The lowest BCUT2D eigenvalue weighted by molar-refractivity contribution is -0.119. The summed E-state index contributed by atoms with van der Waals surface area (Å²) >= 11 is 6.15. The van der Waals surface area contributed by atoms with Crippen LogP contribution in [0, 0.1) is 6.92 Å². The monoisotopic (exact) mass is 372 g/mol. The van der Waals surface area contributed by atoms with E-state index in [4.69, 9.17) is 16.3 Å². The Morgan fingerprint density at radius 1 is 1.23 bits per heavy atom. The lowest BCUT2D eigenvalue weighted by Gasteiger charge is -2.09. The molecule has 2 N–H and O–H groups in total. The van der Waals surface area contributed by atoms with Gasteiger partial charge in [-0.05, 0) is 37.3 Å². The van der Waals surface area contributed by atoms with Gasteiger partial charge < -0.3 is 19.8 Å². The summed E-state index contributed by atoms with van der Waals surface area (Å²) in [6.07, 6.45) is 1.66. The SMILES string of the molecule is COCC(=O)Nc1ccc(Cl)c(NC(=O)c2cn3c(C)cccc3n2)c1. The molecule has 2 amide bonds. The number of methoxy groups -OCH3 is 1. The second kappa shape index (κ2) is 7.55. The number of hydrogen-bond acceptors (Lipinski definition) is 4. The number of imidazole rings is 1. The average Bonchev–Trinajstić information content (AvgIpc) is 3.04. The molecule has 0 fully saturated rings. The van der Waals surface area contributed by atoms with Crippen molar-refractivity contribution >= 4 is 40.4 Å². The lowest BCUT2D eigenvalue weighted by Crippen LogP contribution is -2.17. The van der Waals surface area contributed by atoms with Crippen molar-refractivity contribution in [3.8, 4) is 0 Å². The van der Waals surface area contributed by atoms with Crippen LogP contribution in [-0.2, 0) is 9.53 Å². The second-order valence-corrected chi connectivity index (χ2v) is 6.06. The van der Waals surface area contributed by atoms with E-state index in [1.165, 1.54) is 7.11 Å². The number of benzene rings is 1. The summed E-state index contributed by atoms with van der Waals surface area (Å²) in [7, 11) is 1.43. The number of nitrogens with one attached hydrogen (secondary N) is 2. The van der Waals surface area contributed by atoms with Gasteiger partial charge in [0.2, 0.25) is 5.91 Å². The molecule has 2 heterocycles. The normalized spacial score (nSPS) is 10.7. The van der Waals surface area contributed by atoms with Gasteiger partial charge in [0.15, 0.2) is 0 Å². The maximum atomic E-state index is 12.5. The number of rotatable bonds is 5. The first-order valence-electron chi connectivity index (χ1n) is 7.82. The Kier molecular flexibility index (Phi) is 5.20. The number of aryl methyl sites for hydroxylation is 1. The van der Waals surface area contributed by atoms with E-state index >= 15 is 0 Å². The number of anilines is 2. The Morgan fingerprint density at radius 3 is 2.77 bits per heavy atom. The number of ether oxygens (including phenoxy) is 1. The van der Waals surface area contributed by atoms with Crippen molar-refractivity contribution in [2.75, 3.05) is 24.4 Å². The minimum atomic E-state index is -0.393. The topological polar surface area (TPSA) is 84.7 Å². The smallest absolute Gasteiger partial charge is 0.275 e. The predicted molar refractivity (Wildman–Crippen MR) is 99.8 cm³/mol. The summed E-state index contributed by atoms with van der Waals surface area (Å²) in [5, 5.41) is 5.73. The first-order valence-corrected chi connectivity index (χ1v) is 8.20. The summed E-state index contributed by atoms with van der Waals surface area (Å²) in [4.78, 5) is 28.5. The highest BCUT2D eigenvalue weighted by atomic mass is 35.5. The molecule has 0 radical (unpaired) electrons. The molecule has 0 unspecified atom stereocenters. The van der Waals surface area contributed by atoms with Gasteiger partial charge in [-0.15, -0.1) is 0 Å². The van der Waals surface area contributed by atoms with Crippen LogP contribution in [-0.4, -0.2) is 34.9 Å². The van der Waals surface area contributed by atoms with Crippen LogP contribution in [0.5, 0.6) is 0 Å². The zero-order valence-electron chi connectivity index (χ0n) is 14.2. The maximum Gasteiger partial charge on any atom is 0.275 e. The number of carbonyl (C=O) groups is 2. The van der Waals surface area contributed by atoms with E-state index in [0.717, 1.165) is 5.69 Å². The molecule has 0 aliphatic carbocycles. The minimum absolute atomic E-state index is 0.0646. The molecular weight excluding hydrogens is 356 g/mol. The third kappa shape index (κ3) is 3.84. The van der Waals surface area contributed by atoms with Crippen LogP contribution in [0.2, 0.25) is 5.02 Å². The number of nitrogens with zero attached hydrogens (tertiary/aromatic N) is 2. The number of halogens is 1. The minimum Gasteiger partial charge on any atom is -0.375 e. The number of carbonyl (C=O) groups excluding carboxylic acids is 2. The molecule has 0 atom stereocenters. The molecule has 2 aromatic heterocycles. The molecule has 0 bridgehead atoms. The fourth-order valence-electron chi connectivity index (χ4n) is 2.47. The number of fused-ring (bicyclic) bond motifs is 1. The van der Waals surface area contributed by atoms with Gasteiger partial charge in [-0.3, -0.25) is 9.59 Å². The Labute approximate surface area is 154 Å². The number of pyridine rings is 1. The quantitative estimate of drug-likeness (QED) is 0.720. The van der Waals surface area contributed by atoms with Crippen LogP contribution in [0.15, 0.2) is 42.6 Å². The molecule has 0 spiro atoms. The van der Waals surface area contributed by atoms with Gasteiger partial charge in [-0.1, -0.05) is 17.7 Å². The first-order chi connectivity index (χ1) is 12.5. The lowest BCUT2D eigenvalue weighted by atomic mass is 10.2. The molecule has 0 saturated carbocycles. The molecule has 26 heavy (non-hydrogen) atoms. The van der Waals surface area contributed by atoms with Gasteiger partial charge in [-0.2, -0.15) is 0 Å². The van der Waals surface area contributed by atoms with Crippen molar-refractivity contribution in [1.82, 2.24) is 9.38 Å². The van der Waals surface area contributed by atoms with Gasteiger partial charge in [-0.25, -0.2) is 4.98 Å². The predicted octanol–water partition coefficient (Wildman–Crippen LogP) is 3.13. The Morgan fingerprint density at radius 2 is 2.04 bits per heavy atom. The van der Waals surface area contributed by atoms with Crippen molar-refractivity contribution in [3.05, 3.63) is 59.0 Å². The molecule has 7 nitrogen and oxygen atoms in total. The number of hydrogen-bond donors (Lipinski definition) is 2. The van der Waals surface area contributed by atoms with E-state index in [0.29, 0.717) is 22.0 Å². The van der Waals surface area contributed by atoms with Crippen molar-refractivity contribution in [3.63, 3.8) is 0 Å². The van der Waals surface area contributed by atoms with E-state index in [9.17, 15) is 9.59 Å². The second-order valence-electron chi connectivity index (χ2n) is 5.65. The van der Waals surface area contributed by atoms with Gasteiger partial charge in [0.05, 0.1) is 10.7 Å². The molecule has 8 heteroatoms. The summed E-state index contributed by atoms with van der Waals surface area (Å²) < 4.78 is 6.60. The molecule has 3 rings (SSSR count). The third-order valence-electron chi connectivity index (χ3n) is 3.70. The van der Waals surface area contributed by atoms with E-state index in [-0.39, 0.29) is 18.2 Å². The Bertz CT molecular complexity index is 984. The van der Waals surface area contributed by atoms with E-state index < -0.39 is 5.91 Å². The summed E-state index contributed by atoms with van der Waals surface area (Å²) in [5.74, 6) is -0.696. The van der Waals surface area contributed by atoms with Crippen LogP contribution in [0.4, 0.5) is 11.4 Å². The molecular formula is C18H17ClN4O3. The van der Waals surface area contributed by atoms with E-state index in [1.807, 2.05) is 29.5 Å². The van der Waals surface area contributed by atoms with Gasteiger partial charge in [0.25, 0.3) is 5.91 Å². The van der Waals surface area contributed by atoms with Crippen molar-refractivity contribution in [2.24, 2.45) is 0 Å². The third-order valence-corrected chi connectivity index (χ3v) is 4.03. The molecule has 0 aliphatic rings. The fourth-order valence-corrected chi connectivity index (χ4v) is 2.64. The maximum absolute atomic E-state index is 12.5. The molecule has 1 aromatic carbocycles. The zero-order chi connectivity index (χ0) is 18.7. The zero-order valence-corrected chi connectivity index (χ0v) is 15.0. The number of aromatic nitrogens is 2. The Hall–Kier alpha value is -2.90. The van der Waals surface area contributed by atoms with Crippen LogP contribution in [0.3, 0.4) is 0 Å². The number of amides is 2. The van der Waals surface area contributed by atoms with Gasteiger partial charge in [0, 0.05) is 24.7 Å². The van der Waals surface area contributed by atoms with Crippen molar-refractivity contribution in [1.29, 1.82) is 0 Å². The van der Waals surface area contributed by atoms with Gasteiger partial charge >= 0.3 is 0 Å². The van der Waals surface area contributed by atoms with Crippen molar-refractivity contribution < 1.29 is 14.3 Å². The highest BCUT2D eigenvalue weighted by Crippen LogP contribution is 2.26. The fraction of sp³-hybridized carbons (Fsp3) is 0.167. The van der Waals surface area contributed by atoms with Crippen LogP contribution >= 0.6 is 11.6 Å². The Balaban J connectivity index is 1.81. The molecule has 134 valence electrons. The first kappa shape index (κ1) is 17.9. The standard InChI is InChI=1S/C18H17ClN4O3/c1-11-4-3-5-16-21-15(9-23(11)16)18(25)22-14-8-12(6-7-13(14)19)20-17(24)10-26-2/h3-9H,10H2,1-2H3,(H,20,24)(H,22,25). The van der Waals surface area contributed by atoms with Crippen LogP contribution in [0.1, 0.15) is 16.2 Å². The van der Waals surface area contributed by atoms with Crippen LogP contribution < -0.4 is 10.6 Å². The van der Waals surface area contributed by atoms with Crippen LogP contribution in [0.25, 0.3) is 5.65 Å². The molecule has 0 aliphatic heterocycles. The summed E-state index contributed by atoms with van der Waals surface area (Å²) in [6.45, 7) is 1.87. The summed E-state index contributed by atoms with van der Waals surface area (Å²) in [6, 6.07) is 10.4. The highest BCUT2D eigenvalue weighted by Gasteiger charge is 2.14. The molecule has 3 aromatic rings. The average molecular weight is 373 g/mol. The van der Waals surface area contributed by atoms with E-state index in [1.54, 1.807) is 24.4 Å². The highest BCUT2D eigenvalue weighted by molar-refractivity contribution is 6.34. The van der Waals surface area contributed by atoms with Gasteiger partial charge in [0.1, 0.15) is 17.9 Å². The van der Waals surface area contributed by atoms with E-state index in [2.05, 4.69) is 15.6 Å².